The van der Waals surface area contributed by atoms with E-state index in [2.05, 4.69) is 76.5 Å². The van der Waals surface area contributed by atoms with Crippen LogP contribution in [0.2, 0.25) is 0 Å². The number of hydrogen-bond donors (Lipinski definition) is 1. The van der Waals surface area contributed by atoms with Crippen molar-refractivity contribution >= 4 is 10.9 Å². The molecule has 0 bridgehead atoms. The fraction of sp³-hybridized carbons (Fsp3) is 0.240. The zero-order valence-electron chi connectivity index (χ0n) is 16.8. The molecule has 0 fully saturated rings. The quantitative estimate of drug-likeness (QED) is 0.414. The van der Waals surface area contributed by atoms with Crippen molar-refractivity contribution in [1.82, 2.24) is 14.9 Å². The zero-order valence-corrected chi connectivity index (χ0v) is 16.8. The molecule has 0 aliphatic carbocycles. The Kier molecular flexibility index (Phi) is 6.22. The molecule has 29 heavy (non-hydrogen) atoms. The molecule has 2 aromatic carbocycles. The molecule has 4 heteroatoms. The summed E-state index contributed by atoms with van der Waals surface area (Å²) in [6.07, 6.45) is 4.98. The fourth-order valence-corrected chi connectivity index (χ4v) is 3.63. The highest BCUT2D eigenvalue weighted by Crippen LogP contribution is 2.22. The van der Waals surface area contributed by atoms with Crippen LogP contribution in [0.25, 0.3) is 10.9 Å². The average molecular weight is 386 g/mol. The third-order valence-electron chi connectivity index (χ3n) is 5.01. The van der Waals surface area contributed by atoms with Crippen molar-refractivity contribution in [1.29, 1.82) is 0 Å². The number of nitrogens with one attached hydrogen (secondary N) is 1. The summed E-state index contributed by atoms with van der Waals surface area (Å²) in [4.78, 5) is 4.18. The third-order valence-corrected chi connectivity index (χ3v) is 5.01. The van der Waals surface area contributed by atoms with E-state index in [1.165, 1.54) is 27.6 Å². The van der Waals surface area contributed by atoms with Crippen LogP contribution >= 0.6 is 0 Å². The molecule has 4 nitrogen and oxygen atoms in total. The van der Waals surface area contributed by atoms with Gasteiger partial charge in [-0.25, -0.2) is 4.98 Å². The van der Waals surface area contributed by atoms with Gasteiger partial charge in [-0.1, -0.05) is 54.1 Å². The number of pyridine rings is 1. The summed E-state index contributed by atoms with van der Waals surface area (Å²) in [6.45, 7) is 5.46. The first-order chi connectivity index (χ1) is 14.3. The van der Waals surface area contributed by atoms with Crippen molar-refractivity contribution < 1.29 is 4.74 Å². The van der Waals surface area contributed by atoms with E-state index in [4.69, 9.17) is 4.74 Å². The lowest BCUT2D eigenvalue weighted by atomic mass is 10.1. The lowest BCUT2D eigenvalue weighted by molar-refractivity contribution is 0.296. The van der Waals surface area contributed by atoms with E-state index in [1.807, 2.05) is 18.2 Å². The van der Waals surface area contributed by atoms with E-state index in [0.717, 1.165) is 26.1 Å². The van der Waals surface area contributed by atoms with E-state index in [9.17, 15) is 0 Å². The Morgan fingerprint density at radius 1 is 1.00 bits per heavy atom. The van der Waals surface area contributed by atoms with Crippen LogP contribution in [0.3, 0.4) is 0 Å². The van der Waals surface area contributed by atoms with Crippen molar-refractivity contribution in [2.45, 2.75) is 26.4 Å². The largest absolute Gasteiger partial charge is 0.478 e. The standard InChI is InChI=1S/C25H27N3O/c1-20-8-6-9-21(16-20)18-28-19-22(23-10-2-3-11-24(23)28)17-26-13-7-15-29-25-12-4-5-14-27-25/h2-6,8-12,14,16,19,26H,7,13,15,17-18H2,1H3. The molecule has 0 unspecified atom stereocenters. The molecule has 0 aliphatic rings. The minimum atomic E-state index is 0.666. The lowest BCUT2D eigenvalue weighted by Crippen LogP contribution is -2.17. The number of nitrogens with zero attached hydrogens (tertiary/aromatic N) is 2. The minimum absolute atomic E-state index is 0.666. The van der Waals surface area contributed by atoms with Gasteiger partial charge in [-0.15, -0.1) is 0 Å². The Labute approximate surface area is 172 Å². The number of hydrogen-bond acceptors (Lipinski definition) is 3. The first kappa shape index (κ1) is 19.2. The maximum absolute atomic E-state index is 5.65. The molecule has 2 heterocycles. The van der Waals surface area contributed by atoms with E-state index >= 15 is 0 Å². The van der Waals surface area contributed by atoms with Crippen molar-refractivity contribution in [2.24, 2.45) is 0 Å². The van der Waals surface area contributed by atoms with Crippen LogP contribution in [-0.4, -0.2) is 22.7 Å². The second-order valence-corrected chi connectivity index (χ2v) is 7.34. The Bertz CT molecular complexity index is 1060. The van der Waals surface area contributed by atoms with E-state index in [1.54, 1.807) is 6.20 Å². The van der Waals surface area contributed by atoms with Gasteiger partial charge in [0.25, 0.3) is 0 Å². The number of benzene rings is 2. The van der Waals surface area contributed by atoms with Gasteiger partial charge in [0, 0.05) is 42.5 Å². The molecule has 0 saturated carbocycles. The SMILES string of the molecule is Cc1cccc(Cn2cc(CNCCCOc3ccccn3)c3ccccc32)c1. The van der Waals surface area contributed by atoms with Crippen molar-refractivity contribution in [3.63, 3.8) is 0 Å². The maximum Gasteiger partial charge on any atom is 0.213 e. The van der Waals surface area contributed by atoms with Gasteiger partial charge in [-0.3, -0.25) is 0 Å². The average Bonchev–Trinajstić information content (AvgIpc) is 3.09. The predicted molar refractivity (Wildman–Crippen MR) is 118 cm³/mol. The summed E-state index contributed by atoms with van der Waals surface area (Å²) >= 11 is 0. The number of fused-ring (bicyclic) bond motifs is 1. The van der Waals surface area contributed by atoms with Crippen LogP contribution < -0.4 is 10.1 Å². The molecule has 2 aromatic heterocycles. The first-order valence-corrected chi connectivity index (χ1v) is 10.2. The van der Waals surface area contributed by atoms with Gasteiger partial charge in [0.2, 0.25) is 5.88 Å². The fourth-order valence-electron chi connectivity index (χ4n) is 3.63. The highest BCUT2D eigenvalue weighted by molar-refractivity contribution is 5.84. The summed E-state index contributed by atoms with van der Waals surface area (Å²) in [7, 11) is 0. The van der Waals surface area contributed by atoms with Crippen LogP contribution in [0.1, 0.15) is 23.1 Å². The molecule has 0 radical (unpaired) electrons. The Morgan fingerprint density at radius 2 is 1.90 bits per heavy atom. The van der Waals surface area contributed by atoms with E-state index < -0.39 is 0 Å². The molecule has 0 amide bonds. The van der Waals surface area contributed by atoms with Gasteiger partial charge in [0.05, 0.1) is 6.61 Å². The van der Waals surface area contributed by atoms with Gasteiger partial charge in [0.15, 0.2) is 0 Å². The van der Waals surface area contributed by atoms with Crippen LogP contribution in [0.4, 0.5) is 0 Å². The normalized spacial score (nSPS) is 11.1. The van der Waals surface area contributed by atoms with Crippen molar-refractivity contribution in [3.8, 4) is 5.88 Å². The summed E-state index contributed by atoms with van der Waals surface area (Å²) in [5, 5.41) is 4.87. The summed E-state index contributed by atoms with van der Waals surface area (Å²) in [5.74, 6) is 0.687. The topological polar surface area (TPSA) is 39.1 Å². The molecular formula is C25H27N3O. The lowest BCUT2D eigenvalue weighted by Gasteiger charge is -2.06. The maximum atomic E-state index is 5.65. The summed E-state index contributed by atoms with van der Waals surface area (Å²) in [5.41, 5.74) is 5.24. The third kappa shape index (κ3) is 5.04. The molecule has 1 N–H and O–H groups in total. The van der Waals surface area contributed by atoms with Crippen molar-refractivity contribution in [2.75, 3.05) is 13.2 Å². The highest BCUT2D eigenvalue weighted by Gasteiger charge is 2.08. The molecule has 0 spiro atoms. The highest BCUT2D eigenvalue weighted by atomic mass is 16.5. The second kappa shape index (κ2) is 9.39. The van der Waals surface area contributed by atoms with Gasteiger partial charge in [-0.2, -0.15) is 0 Å². The van der Waals surface area contributed by atoms with Gasteiger partial charge in [0.1, 0.15) is 0 Å². The molecule has 0 aliphatic heterocycles. The number of aryl methyl sites for hydroxylation is 1. The Balaban J connectivity index is 1.35. The van der Waals surface area contributed by atoms with Crippen LogP contribution in [-0.2, 0) is 13.1 Å². The Morgan fingerprint density at radius 3 is 2.76 bits per heavy atom. The molecule has 0 atom stereocenters. The predicted octanol–water partition coefficient (Wildman–Crippen LogP) is 4.95. The molecule has 4 aromatic rings. The Hall–Kier alpha value is -3.11. The van der Waals surface area contributed by atoms with Gasteiger partial charge >= 0.3 is 0 Å². The number of para-hydroxylation sites is 1. The minimum Gasteiger partial charge on any atom is -0.478 e. The number of rotatable bonds is 9. The monoisotopic (exact) mass is 385 g/mol. The first-order valence-electron chi connectivity index (χ1n) is 10.2. The second-order valence-electron chi connectivity index (χ2n) is 7.34. The molecule has 4 rings (SSSR count). The molecule has 148 valence electrons. The molecular weight excluding hydrogens is 358 g/mol. The van der Waals surface area contributed by atoms with E-state index in [0.29, 0.717) is 12.5 Å². The summed E-state index contributed by atoms with van der Waals surface area (Å²) in [6, 6.07) is 23.1. The van der Waals surface area contributed by atoms with Crippen LogP contribution in [0.5, 0.6) is 5.88 Å². The van der Waals surface area contributed by atoms with Crippen LogP contribution in [0, 0.1) is 6.92 Å². The number of ether oxygens (including phenoxy) is 1. The number of aromatic nitrogens is 2. The van der Waals surface area contributed by atoms with Gasteiger partial charge < -0.3 is 14.6 Å². The summed E-state index contributed by atoms with van der Waals surface area (Å²) < 4.78 is 8.01. The molecule has 0 saturated heterocycles. The zero-order chi connectivity index (χ0) is 19.9. The van der Waals surface area contributed by atoms with Crippen LogP contribution in [0.15, 0.2) is 79.1 Å². The van der Waals surface area contributed by atoms with Crippen molar-refractivity contribution in [3.05, 3.63) is 95.8 Å². The van der Waals surface area contributed by atoms with Gasteiger partial charge in [-0.05, 0) is 43.1 Å². The smallest absolute Gasteiger partial charge is 0.213 e. The van der Waals surface area contributed by atoms with E-state index in [-0.39, 0.29) is 0 Å².